The van der Waals surface area contributed by atoms with E-state index in [4.69, 9.17) is 11.6 Å². The first-order valence-corrected chi connectivity index (χ1v) is 9.71. The van der Waals surface area contributed by atoms with Crippen molar-refractivity contribution in [3.8, 4) is 0 Å². The number of alkyl halides is 1. The lowest BCUT2D eigenvalue weighted by Crippen LogP contribution is -2.54. The summed E-state index contributed by atoms with van der Waals surface area (Å²) in [6.45, 7) is 4.97. The topological polar surface area (TPSA) is 20.2 Å². The lowest BCUT2D eigenvalue weighted by molar-refractivity contribution is -0.120. The molecule has 0 aromatic rings. The molecule has 0 amide bonds. The molecule has 8 atom stereocenters. The molecule has 0 heterocycles. The van der Waals surface area contributed by atoms with Crippen molar-refractivity contribution in [2.45, 2.75) is 83.1 Å². The summed E-state index contributed by atoms with van der Waals surface area (Å²) in [7, 11) is 0. The summed E-state index contributed by atoms with van der Waals surface area (Å²) in [5.41, 5.74) is 0.775. The van der Waals surface area contributed by atoms with Gasteiger partial charge in [-0.25, -0.2) is 0 Å². The van der Waals surface area contributed by atoms with E-state index in [1.54, 1.807) is 0 Å². The van der Waals surface area contributed by atoms with Crippen LogP contribution in [0, 0.1) is 34.5 Å². The Morgan fingerprint density at radius 1 is 0.857 bits per heavy atom. The van der Waals surface area contributed by atoms with Crippen LogP contribution < -0.4 is 0 Å². The van der Waals surface area contributed by atoms with Gasteiger partial charge >= 0.3 is 0 Å². The number of aliphatic hydroxyl groups is 1. The van der Waals surface area contributed by atoms with Gasteiger partial charge in [-0.3, -0.25) is 0 Å². The van der Waals surface area contributed by atoms with Crippen LogP contribution in [0.25, 0.3) is 0 Å². The molecule has 0 aromatic heterocycles. The standard InChI is InChI=1S/C19H31ClO/c1-18-9-7-13(20)11-12(18)3-4-14-15-5-6-17(21)19(15,2)10-8-16(14)18/h12-17,21H,3-11H2,1-2H3/t12-,13?,14-,15-,16-,17-,18-,19-/m0/s1. The molecule has 0 aliphatic heterocycles. The summed E-state index contributed by atoms with van der Waals surface area (Å²) >= 11 is 6.47. The highest BCUT2D eigenvalue weighted by Gasteiger charge is 2.59. The van der Waals surface area contributed by atoms with E-state index in [0.29, 0.717) is 10.8 Å². The minimum absolute atomic E-state index is 0.0347. The van der Waals surface area contributed by atoms with Gasteiger partial charge in [0.1, 0.15) is 0 Å². The van der Waals surface area contributed by atoms with E-state index in [1.807, 2.05) is 0 Å². The van der Waals surface area contributed by atoms with Gasteiger partial charge in [0.15, 0.2) is 0 Å². The van der Waals surface area contributed by atoms with Crippen LogP contribution in [0.4, 0.5) is 0 Å². The maximum absolute atomic E-state index is 10.5. The van der Waals surface area contributed by atoms with Crippen molar-refractivity contribution in [3.63, 3.8) is 0 Å². The Bertz CT molecular complexity index is 424. The van der Waals surface area contributed by atoms with E-state index in [1.165, 1.54) is 51.4 Å². The molecule has 0 aromatic carbocycles. The zero-order chi connectivity index (χ0) is 14.8. The predicted molar refractivity (Wildman–Crippen MR) is 87.4 cm³/mol. The van der Waals surface area contributed by atoms with E-state index in [9.17, 15) is 5.11 Å². The second-order valence-corrected chi connectivity index (χ2v) is 9.78. The SMILES string of the molecule is C[C@]12CCC(Cl)C[C@@H]1CC[C@@H]1[C@@H]2CC[C@]2(C)[C@@H](O)CC[C@@H]12. The second-order valence-electron chi connectivity index (χ2n) is 9.17. The Hall–Kier alpha value is 0.250. The summed E-state index contributed by atoms with van der Waals surface area (Å²) < 4.78 is 0. The van der Waals surface area contributed by atoms with E-state index in [2.05, 4.69) is 13.8 Å². The number of aliphatic hydroxyl groups excluding tert-OH is 1. The van der Waals surface area contributed by atoms with Gasteiger partial charge in [-0.2, -0.15) is 0 Å². The highest BCUT2D eigenvalue weighted by molar-refractivity contribution is 6.20. The van der Waals surface area contributed by atoms with Gasteiger partial charge in [-0.05, 0) is 92.3 Å². The Balaban J connectivity index is 1.62. The molecule has 2 heteroatoms. The van der Waals surface area contributed by atoms with Crippen molar-refractivity contribution < 1.29 is 5.11 Å². The molecule has 1 nitrogen and oxygen atoms in total. The molecule has 1 unspecified atom stereocenters. The third-order valence-electron chi connectivity index (χ3n) is 8.55. The van der Waals surface area contributed by atoms with Crippen LogP contribution in [-0.2, 0) is 0 Å². The molecule has 4 rings (SSSR count). The maximum Gasteiger partial charge on any atom is 0.0596 e. The molecule has 0 saturated heterocycles. The van der Waals surface area contributed by atoms with Gasteiger partial charge in [0.25, 0.3) is 0 Å². The molecule has 1 N–H and O–H groups in total. The van der Waals surface area contributed by atoms with Crippen LogP contribution in [0.5, 0.6) is 0 Å². The molecule has 4 aliphatic rings. The third-order valence-corrected chi connectivity index (χ3v) is 8.95. The molecule has 0 spiro atoms. The van der Waals surface area contributed by atoms with E-state index in [0.717, 1.165) is 30.1 Å². The fourth-order valence-electron chi connectivity index (χ4n) is 7.18. The van der Waals surface area contributed by atoms with Gasteiger partial charge in [0.05, 0.1) is 6.10 Å². The third kappa shape index (κ3) is 1.99. The molecule has 4 aliphatic carbocycles. The zero-order valence-corrected chi connectivity index (χ0v) is 14.4. The van der Waals surface area contributed by atoms with Crippen molar-refractivity contribution in [2.24, 2.45) is 34.5 Å². The molecule has 120 valence electrons. The monoisotopic (exact) mass is 310 g/mol. The van der Waals surface area contributed by atoms with Crippen molar-refractivity contribution in [1.29, 1.82) is 0 Å². The Morgan fingerprint density at radius 2 is 1.57 bits per heavy atom. The summed E-state index contributed by atoms with van der Waals surface area (Å²) in [6, 6.07) is 0. The largest absolute Gasteiger partial charge is 0.393 e. The number of fused-ring (bicyclic) bond motifs is 5. The fourth-order valence-corrected chi connectivity index (χ4v) is 7.50. The first kappa shape index (κ1) is 14.8. The van der Waals surface area contributed by atoms with Crippen molar-refractivity contribution in [2.75, 3.05) is 0 Å². The Labute approximate surface area is 134 Å². The second kappa shape index (κ2) is 4.87. The van der Waals surface area contributed by atoms with E-state index >= 15 is 0 Å². The van der Waals surface area contributed by atoms with Crippen LogP contribution >= 0.6 is 11.6 Å². The minimum atomic E-state index is -0.0347. The Kier molecular flexibility index (Phi) is 3.44. The molecular weight excluding hydrogens is 280 g/mol. The highest BCUT2D eigenvalue weighted by atomic mass is 35.5. The molecule has 0 bridgehead atoms. The maximum atomic E-state index is 10.5. The number of halogens is 1. The summed E-state index contributed by atoms with van der Waals surface area (Å²) in [5, 5.41) is 10.9. The lowest BCUT2D eigenvalue weighted by Gasteiger charge is -2.60. The van der Waals surface area contributed by atoms with E-state index < -0.39 is 0 Å². The van der Waals surface area contributed by atoms with Crippen LogP contribution in [-0.4, -0.2) is 16.6 Å². The molecule has 4 saturated carbocycles. The normalized spacial score (nSPS) is 60.0. The van der Waals surface area contributed by atoms with E-state index in [-0.39, 0.29) is 11.5 Å². The van der Waals surface area contributed by atoms with Crippen molar-refractivity contribution in [1.82, 2.24) is 0 Å². The smallest absolute Gasteiger partial charge is 0.0596 e. The summed E-state index contributed by atoms with van der Waals surface area (Å²) in [5.74, 6) is 3.45. The molecule has 21 heavy (non-hydrogen) atoms. The number of hydrogen-bond acceptors (Lipinski definition) is 1. The average Bonchev–Trinajstić information content (AvgIpc) is 2.76. The lowest BCUT2D eigenvalue weighted by atomic mass is 9.45. The molecule has 0 radical (unpaired) electrons. The van der Waals surface area contributed by atoms with Crippen molar-refractivity contribution >= 4 is 11.6 Å². The summed E-state index contributed by atoms with van der Waals surface area (Å²) in [4.78, 5) is 0. The first-order chi connectivity index (χ1) is 9.95. The first-order valence-electron chi connectivity index (χ1n) is 9.27. The fraction of sp³-hybridized carbons (Fsp3) is 1.00. The number of rotatable bonds is 0. The van der Waals surface area contributed by atoms with Crippen LogP contribution in [0.15, 0.2) is 0 Å². The predicted octanol–water partition coefficient (Wildman–Crippen LogP) is 5.00. The molecule has 4 fully saturated rings. The zero-order valence-electron chi connectivity index (χ0n) is 13.7. The van der Waals surface area contributed by atoms with Crippen LogP contribution in [0.2, 0.25) is 0 Å². The van der Waals surface area contributed by atoms with Gasteiger partial charge in [0.2, 0.25) is 0 Å². The number of hydrogen-bond donors (Lipinski definition) is 1. The van der Waals surface area contributed by atoms with Gasteiger partial charge < -0.3 is 5.11 Å². The van der Waals surface area contributed by atoms with Crippen molar-refractivity contribution in [3.05, 3.63) is 0 Å². The quantitative estimate of drug-likeness (QED) is 0.624. The van der Waals surface area contributed by atoms with Crippen LogP contribution in [0.1, 0.15) is 71.6 Å². The highest BCUT2D eigenvalue weighted by Crippen LogP contribution is 2.66. The van der Waals surface area contributed by atoms with Crippen LogP contribution in [0.3, 0.4) is 0 Å². The molecular formula is C19H31ClO. The Morgan fingerprint density at radius 3 is 2.38 bits per heavy atom. The summed E-state index contributed by atoms with van der Waals surface area (Å²) in [6.07, 6.45) is 11.5. The average molecular weight is 311 g/mol. The van der Waals surface area contributed by atoms with Gasteiger partial charge in [0, 0.05) is 5.38 Å². The van der Waals surface area contributed by atoms with Gasteiger partial charge in [-0.15, -0.1) is 11.6 Å². The van der Waals surface area contributed by atoms with Gasteiger partial charge in [-0.1, -0.05) is 13.8 Å². The minimum Gasteiger partial charge on any atom is -0.393 e.